The molecule has 0 fully saturated rings. The van der Waals surface area contributed by atoms with Crippen LogP contribution in [0.4, 0.5) is 0 Å². The second-order valence-corrected chi connectivity index (χ2v) is 9.00. The van der Waals surface area contributed by atoms with Crippen molar-refractivity contribution in [1.29, 1.82) is 0 Å². The van der Waals surface area contributed by atoms with Crippen LogP contribution in [0.2, 0.25) is 0 Å². The molecule has 146 valence electrons. The topological polar surface area (TPSA) is 26.0 Å². The first-order valence-corrected chi connectivity index (χ1v) is 9.39. The van der Waals surface area contributed by atoms with Crippen LogP contribution in [0.25, 0.3) is 0 Å². The van der Waals surface area contributed by atoms with Gasteiger partial charge < -0.3 is 5.73 Å². The number of hydrogen-bond acceptors (Lipinski definition) is 1. The van der Waals surface area contributed by atoms with E-state index in [2.05, 4.69) is 72.6 Å². The average molecular weight is 403 g/mol. The predicted octanol–water partition coefficient (Wildman–Crippen LogP) is 6.24. The molecule has 0 aliphatic heterocycles. The molecule has 1 aliphatic rings. The molecule has 0 saturated heterocycles. The Labute approximate surface area is 177 Å². The van der Waals surface area contributed by atoms with Crippen LogP contribution >= 0.6 is 0 Å². The summed E-state index contributed by atoms with van der Waals surface area (Å²) in [6.07, 6.45) is 8.30. The van der Waals surface area contributed by atoms with Crippen LogP contribution in [-0.4, -0.2) is 0 Å². The SMILES string of the molecule is CC(C)(C)c1cc([C@@H](N)[C]2[CH]C=C[CH-]2)cc(C(C)(C)C)c1.[Fe+2].c1cc[cH-]c1. The Morgan fingerprint density at radius 2 is 1.37 bits per heavy atom. The molecule has 2 N–H and O–H groups in total. The van der Waals surface area contributed by atoms with Gasteiger partial charge >= 0.3 is 17.1 Å². The minimum Gasteiger partial charge on any atom is -0.325 e. The number of allylic oxidation sites excluding steroid dienone is 2. The molecule has 0 unspecified atom stereocenters. The van der Waals surface area contributed by atoms with E-state index in [1.165, 1.54) is 22.6 Å². The summed E-state index contributed by atoms with van der Waals surface area (Å²) >= 11 is 0. The molecule has 1 nitrogen and oxygen atoms in total. The minimum absolute atomic E-state index is 0. The van der Waals surface area contributed by atoms with E-state index in [1.807, 2.05) is 42.5 Å². The van der Waals surface area contributed by atoms with Crippen molar-refractivity contribution in [3.8, 4) is 0 Å². The van der Waals surface area contributed by atoms with Crippen molar-refractivity contribution in [3.63, 3.8) is 0 Å². The first-order valence-electron chi connectivity index (χ1n) is 9.39. The largest absolute Gasteiger partial charge is 2.00 e. The van der Waals surface area contributed by atoms with Crippen molar-refractivity contribution in [2.75, 3.05) is 0 Å². The normalized spacial score (nSPS) is 15.4. The molecular weight excluding hydrogens is 370 g/mol. The van der Waals surface area contributed by atoms with Crippen molar-refractivity contribution >= 4 is 0 Å². The Morgan fingerprint density at radius 3 is 1.70 bits per heavy atom. The summed E-state index contributed by atoms with van der Waals surface area (Å²) < 4.78 is 0. The van der Waals surface area contributed by atoms with E-state index in [4.69, 9.17) is 5.73 Å². The van der Waals surface area contributed by atoms with Gasteiger partial charge in [0.2, 0.25) is 0 Å². The summed E-state index contributed by atoms with van der Waals surface area (Å²) in [5.74, 6) is 1.18. The van der Waals surface area contributed by atoms with E-state index in [0.29, 0.717) is 0 Å². The Kier molecular flexibility index (Phi) is 8.54. The Hall–Kier alpha value is -1.34. The molecule has 2 heteroatoms. The zero-order chi connectivity index (χ0) is 19.4. The molecular formula is C25H33FeN. The van der Waals surface area contributed by atoms with Crippen LogP contribution in [0, 0.1) is 18.8 Å². The van der Waals surface area contributed by atoms with Gasteiger partial charge in [-0.2, -0.15) is 18.2 Å². The van der Waals surface area contributed by atoms with E-state index in [1.54, 1.807) is 0 Å². The summed E-state index contributed by atoms with van der Waals surface area (Å²) in [7, 11) is 0. The van der Waals surface area contributed by atoms with Crippen molar-refractivity contribution in [3.05, 3.63) is 96.1 Å². The number of nitrogens with two attached hydrogens (primary N) is 1. The van der Waals surface area contributed by atoms with Gasteiger partial charge in [-0.1, -0.05) is 65.7 Å². The number of rotatable bonds is 2. The third-order valence-corrected chi connectivity index (χ3v) is 4.65. The standard InChI is InChI=1S/C20H28N.C5H5.Fe/c1-19(2,3)16-11-15(12-17(13-16)20(4,5)6)18(21)14-9-7-8-10-14;1-2-4-5-3-1;/h7-13,18H,21H2,1-6H3;1-5H;/q2*-1;+2/t18-;;/m0../s1. The molecule has 1 aliphatic carbocycles. The van der Waals surface area contributed by atoms with Gasteiger partial charge in [0.15, 0.2) is 0 Å². The van der Waals surface area contributed by atoms with Crippen LogP contribution in [0.5, 0.6) is 0 Å². The second kappa shape index (κ2) is 9.73. The predicted molar refractivity (Wildman–Crippen MR) is 114 cm³/mol. The molecule has 27 heavy (non-hydrogen) atoms. The summed E-state index contributed by atoms with van der Waals surface area (Å²) in [5, 5.41) is 0. The van der Waals surface area contributed by atoms with E-state index < -0.39 is 0 Å². The molecule has 0 amide bonds. The summed E-state index contributed by atoms with van der Waals surface area (Å²) in [5.41, 5.74) is 10.7. The minimum atomic E-state index is -0.0524. The molecule has 2 aromatic rings. The Morgan fingerprint density at radius 1 is 0.852 bits per heavy atom. The molecule has 3 rings (SSSR count). The van der Waals surface area contributed by atoms with E-state index in [9.17, 15) is 0 Å². The second-order valence-electron chi connectivity index (χ2n) is 9.00. The summed E-state index contributed by atoms with van der Waals surface area (Å²) in [6, 6.07) is 16.8. The van der Waals surface area contributed by atoms with E-state index >= 15 is 0 Å². The van der Waals surface area contributed by atoms with Crippen LogP contribution in [0.15, 0.2) is 60.7 Å². The zero-order valence-corrected chi connectivity index (χ0v) is 18.5. The van der Waals surface area contributed by atoms with Gasteiger partial charge in [-0.25, -0.2) is 30.7 Å². The first-order chi connectivity index (χ1) is 12.1. The molecule has 0 saturated carbocycles. The van der Waals surface area contributed by atoms with Crippen molar-refractivity contribution in [1.82, 2.24) is 0 Å². The third kappa shape index (κ3) is 6.96. The van der Waals surface area contributed by atoms with Gasteiger partial charge in [-0.3, -0.25) is 0 Å². The van der Waals surface area contributed by atoms with Gasteiger partial charge in [0.1, 0.15) is 0 Å². The monoisotopic (exact) mass is 403 g/mol. The molecule has 0 spiro atoms. The van der Waals surface area contributed by atoms with Crippen LogP contribution in [0.3, 0.4) is 0 Å². The van der Waals surface area contributed by atoms with Crippen molar-refractivity contribution < 1.29 is 17.1 Å². The fourth-order valence-corrected chi connectivity index (χ4v) is 2.81. The van der Waals surface area contributed by atoms with E-state index in [0.717, 1.165) is 0 Å². The number of hydrogen-bond donors (Lipinski definition) is 1. The van der Waals surface area contributed by atoms with Crippen LogP contribution < -0.4 is 5.73 Å². The van der Waals surface area contributed by atoms with Gasteiger partial charge in [0, 0.05) is 6.04 Å². The summed E-state index contributed by atoms with van der Waals surface area (Å²) in [6.45, 7) is 13.5. The molecule has 0 bridgehead atoms. The van der Waals surface area contributed by atoms with Gasteiger partial charge in [-0.15, -0.1) is 6.42 Å². The van der Waals surface area contributed by atoms with E-state index in [-0.39, 0.29) is 33.9 Å². The number of benzene rings is 1. The molecule has 2 aromatic carbocycles. The molecule has 0 aromatic heterocycles. The maximum Gasteiger partial charge on any atom is 2.00 e. The van der Waals surface area contributed by atoms with Gasteiger partial charge in [0.25, 0.3) is 0 Å². The van der Waals surface area contributed by atoms with Gasteiger partial charge in [0.05, 0.1) is 0 Å². The molecule has 1 atom stereocenters. The first kappa shape index (κ1) is 23.7. The molecule has 2 radical (unpaired) electrons. The average Bonchev–Trinajstić information content (AvgIpc) is 3.27. The van der Waals surface area contributed by atoms with Crippen LogP contribution in [0.1, 0.15) is 64.3 Å². The quantitative estimate of drug-likeness (QED) is 0.466. The smallest absolute Gasteiger partial charge is 0.325 e. The zero-order valence-electron chi connectivity index (χ0n) is 17.4. The summed E-state index contributed by atoms with van der Waals surface area (Å²) in [4.78, 5) is 0. The van der Waals surface area contributed by atoms with Crippen molar-refractivity contribution in [2.45, 2.75) is 58.4 Å². The van der Waals surface area contributed by atoms with Crippen molar-refractivity contribution in [2.24, 2.45) is 5.73 Å². The Balaban J connectivity index is 0.000000526. The molecule has 0 heterocycles. The third-order valence-electron chi connectivity index (χ3n) is 4.65. The fourth-order valence-electron chi connectivity index (χ4n) is 2.81. The van der Waals surface area contributed by atoms with Gasteiger partial charge in [-0.05, 0) is 27.5 Å². The van der Waals surface area contributed by atoms with Crippen LogP contribution in [-0.2, 0) is 27.9 Å². The maximum atomic E-state index is 6.49. The Bertz CT molecular complexity index is 641. The maximum absolute atomic E-state index is 6.49. The fraction of sp³-hybridized carbons (Fsp3) is 0.360.